The highest BCUT2D eigenvalue weighted by Crippen LogP contribution is 2.22. The molecule has 0 spiro atoms. The largest absolute Gasteiger partial charge is 0.346 e. The fourth-order valence-corrected chi connectivity index (χ4v) is 3.18. The Morgan fingerprint density at radius 2 is 1.74 bits per heavy atom. The zero-order valence-electron chi connectivity index (χ0n) is 12.2. The molecule has 5 nitrogen and oxygen atoms in total. The lowest BCUT2D eigenvalue weighted by Crippen LogP contribution is -2.05. The van der Waals surface area contributed by atoms with E-state index in [9.17, 15) is 0 Å². The van der Waals surface area contributed by atoms with Crippen LogP contribution in [0.4, 0.5) is 5.95 Å². The van der Waals surface area contributed by atoms with Crippen molar-refractivity contribution in [2.75, 3.05) is 5.32 Å². The maximum Gasteiger partial charge on any atom is 0.243 e. The number of aromatic nitrogens is 4. The van der Waals surface area contributed by atoms with Gasteiger partial charge in [0.2, 0.25) is 5.95 Å². The minimum atomic E-state index is 0.505. The van der Waals surface area contributed by atoms with Gasteiger partial charge in [0.15, 0.2) is 0 Å². The van der Waals surface area contributed by atoms with E-state index in [1.807, 2.05) is 48.5 Å². The third-order valence-electron chi connectivity index (χ3n) is 3.36. The third-order valence-corrected chi connectivity index (χ3v) is 4.40. The monoisotopic (exact) mass is 319 g/mol. The second kappa shape index (κ2) is 6.10. The predicted octanol–water partition coefficient (Wildman–Crippen LogP) is 3.76. The molecule has 0 saturated carbocycles. The Kier molecular flexibility index (Phi) is 3.65. The van der Waals surface area contributed by atoms with Crippen LogP contribution in [0, 0.1) is 0 Å². The Morgan fingerprint density at radius 3 is 2.61 bits per heavy atom. The lowest BCUT2D eigenvalue weighted by atomic mass is 10.2. The summed E-state index contributed by atoms with van der Waals surface area (Å²) in [6.07, 6.45) is 1.66. The van der Waals surface area contributed by atoms with Crippen LogP contribution in [0.1, 0.15) is 5.01 Å². The van der Waals surface area contributed by atoms with Gasteiger partial charge in [-0.05, 0) is 12.1 Å². The summed E-state index contributed by atoms with van der Waals surface area (Å²) in [6.45, 7) is 0.583. The van der Waals surface area contributed by atoms with E-state index in [0.29, 0.717) is 12.5 Å². The fraction of sp³-hybridized carbons (Fsp3) is 0.0588. The second-order valence-corrected chi connectivity index (χ2v) is 6.08. The molecule has 0 aliphatic carbocycles. The van der Waals surface area contributed by atoms with Gasteiger partial charge in [-0.15, -0.1) is 16.4 Å². The summed E-state index contributed by atoms with van der Waals surface area (Å²) in [5.74, 6) is 0.505. The summed E-state index contributed by atoms with van der Waals surface area (Å²) in [6, 6.07) is 18.0. The number of hydrogen-bond donors (Lipinski definition) is 1. The zero-order valence-corrected chi connectivity index (χ0v) is 13.0. The van der Waals surface area contributed by atoms with Crippen LogP contribution in [0.2, 0.25) is 0 Å². The van der Waals surface area contributed by atoms with E-state index in [1.165, 1.54) is 4.70 Å². The standard InChI is InChI=1S/C17H13N5S/c1-2-6-12(7-3-1)14-10-19-22-17(21-14)18-11-16-20-13-8-4-5-9-15(13)23-16/h1-10H,11H2,(H,18,21,22). The maximum absolute atomic E-state index is 4.59. The normalized spacial score (nSPS) is 10.8. The molecule has 23 heavy (non-hydrogen) atoms. The van der Waals surface area contributed by atoms with Crippen molar-refractivity contribution < 1.29 is 0 Å². The Balaban J connectivity index is 1.53. The topological polar surface area (TPSA) is 63.6 Å². The van der Waals surface area contributed by atoms with Crippen molar-refractivity contribution in [3.8, 4) is 11.3 Å². The summed E-state index contributed by atoms with van der Waals surface area (Å²) < 4.78 is 1.18. The quantitative estimate of drug-likeness (QED) is 0.620. The number of para-hydroxylation sites is 1. The molecule has 0 saturated heterocycles. The van der Waals surface area contributed by atoms with Crippen LogP contribution in [0.5, 0.6) is 0 Å². The SMILES string of the molecule is c1ccc(-c2cnnc(NCc3nc4ccccc4s3)n2)cc1. The highest BCUT2D eigenvalue weighted by molar-refractivity contribution is 7.18. The van der Waals surface area contributed by atoms with Crippen molar-refractivity contribution in [3.63, 3.8) is 0 Å². The number of hydrogen-bond acceptors (Lipinski definition) is 6. The Bertz CT molecular complexity index is 903. The van der Waals surface area contributed by atoms with E-state index in [4.69, 9.17) is 0 Å². The van der Waals surface area contributed by atoms with Crippen LogP contribution in [-0.2, 0) is 6.54 Å². The second-order valence-electron chi connectivity index (χ2n) is 4.96. The van der Waals surface area contributed by atoms with Crippen LogP contribution in [0.25, 0.3) is 21.5 Å². The smallest absolute Gasteiger partial charge is 0.243 e. The van der Waals surface area contributed by atoms with Crippen molar-refractivity contribution in [1.29, 1.82) is 0 Å². The lowest BCUT2D eigenvalue weighted by Gasteiger charge is -2.04. The Morgan fingerprint density at radius 1 is 0.913 bits per heavy atom. The van der Waals surface area contributed by atoms with Gasteiger partial charge in [0.1, 0.15) is 5.01 Å². The van der Waals surface area contributed by atoms with E-state index < -0.39 is 0 Å². The molecule has 4 aromatic rings. The number of nitrogens with one attached hydrogen (secondary N) is 1. The summed E-state index contributed by atoms with van der Waals surface area (Å²) in [4.78, 5) is 9.09. The van der Waals surface area contributed by atoms with Crippen LogP contribution >= 0.6 is 11.3 Å². The maximum atomic E-state index is 4.59. The average molecular weight is 319 g/mol. The molecule has 4 rings (SSSR count). The van der Waals surface area contributed by atoms with Gasteiger partial charge in [-0.2, -0.15) is 5.10 Å². The van der Waals surface area contributed by atoms with E-state index in [2.05, 4.69) is 31.5 Å². The molecular weight excluding hydrogens is 306 g/mol. The van der Waals surface area contributed by atoms with Crippen LogP contribution in [0.15, 0.2) is 60.8 Å². The first kappa shape index (κ1) is 13.8. The molecule has 2 aromatic carbocycles. The lowest BCUT2D eigenvalue weighted by molar-refractivity contribution is 0.946. The third kappa shape index (κ3) is 3.02. The highest BCUT2D eigenvalue weighted by atomic mass is 32.1. The summed E-state index contributed by atoms with van der Waals surface area (Å²) in [5, 5.41) is 12.3. The van der Waals surface area contributed by atoms with Gasteiger partial charge in [-0.3, -0.25) is 0 Å². The van der Waals surface area contributed by atoms with Gasteiger partial charge in [-0.25, -0.2) is 9.97 Å². The molecule has 0 radical (unpaired) electrons. The molecule has 0 unspecified atom stereocenters. The van der Waals surface area contributed by atoms with E-state index >= 15 is 0 Å². The van der Waals surface area contributed by atoms with E-state index in [-0.39, 0.29) is 0 Å². The molecule has 0 fully saturated rings. The zero-order chi connectivity index (χ0) is 15.5. The molecule has 0 amide bonds. The average Bonchev–Trinajstić information content (AvgIpc) is 3.04. The number of anilines is 1. The molecular formula is C17H13N5S. The molecule has 2 aromatic heterocycles. The Labute approximate surface area is 137 Å². The number of fused-ring (bicyclic) bond motifs is 1. The first-order valence-corrected chi connectivity index (χ1v) is 8.03. The highest BCUT2D eigenvalue weighted by Gasteiger charge is 2.06. The first-order chi connectivity index (χ1) is 11.4. The first-order valence-electron chi connectivity index (χ1n) is 7.22. The fourth-order valence-electron chi connectivity index (χ4n) is 2.28. The molecule has 0 atom stereocenters. The van der Waals surface area contributed by atoms with Gasteiger partial charge >= 0.3 is 0 Å². The van der Waals surface area contributed by atoms with Crippen LogP contribution < -0.4 is 5.32 Å². The van der Waals surface area contributed by atoms with Crippen molar-refractivity contribution >= 4 is 27.5 Å². The molecule has 112 valence electrons. The minimum absolute atomic E-state index is 0.505. The van der Waals surface area contributed by atoms with Crippen LogP contribution in [0.3, 0.4) is 0 Å². The van der Waals surface area contributed by atoms with E-state index in [1.54, 1.807) is 17.5 Å². The van der Waals surface area contributed by atoms with Crippen molar-refractivity contribution in [2.45, 2.75) is 6.54 Å². The van der Waals surface area contributed by atoms with Crippen molar-refractivity contribution in [2.24, 2.45) is 0 Å². The molecule has 0 aliphatic rings. The summed E-state index contributed by atoms with van der Waals surface area (Å²) >= 11 is 1.67. The number of rotatable bonds is 4. The molecule has 6 heteroatoms. The minimum Gasteiger partial charge on any atom is -0.346 e. The summed E-state index contributed by atoms with van der Waals surface area (Å²) in [7, 11) is 0. The van der Waals surface area contributed by atoms with Gasteiger partial charge in [0.25, 0.3) is 0 Å². The number of thiazole rings is 1. The van der Waals surface area contributed by atoms with Gasteiger partial charge in [0, 0.05) is 5.56 Å². The van der Waals surface area contributed by atoms with Crippen molar-refractivity contribution in [3.05, 3.63) is 65.8 Å². The molecule has 2 heterocycles. The Hall–Kier alpha value is -2.86. The van der Waals surface area contributed by atoms with Crippen LogP contribution in [-0.4, -0.2) is 20.2 Å². The molecule has 1 N–H and O–H groups in total. The number of nitrogens with zero attached hydrogens (tertiary/aromatic N) is 4. The molecule has 0 bridgehead atoms. The van der Waals surface area contributed by atoms with Gasteiger partial charge in [-0.1, -0.05) is 42.5 Å². The van der Waals surface area contributed by atoms with Crippen molar-refractivity contribution in [1.82, 2.24) is 20.2 Å². The summed E-state index contributed by atoms with van der Waals surface area (Å²) in [5.41, 5.74) is 2.84. The van der Waals surface area contributed by atoms with E-state index in [0.717, 1.165) is 21.8 Å². The number of benzene rings is 2. The van der Waals surface area contributed by atoms with Gasteiger partial charge in [0.05, 0.1) is 28.7 Å². The van der Waals surface area contributed by atoms with Gasteiger partial charge < -0.3 is 5.32 Å². The molecule has 0 aliphatic heterocycles. The predicted molar refractivity (Wildman–Crippen MR) is 92.2 cm³/mol.